The maximum Gasteiger partial charge on any atom is 0.247 e. The lowest BCUT2D eigenvalue weighted by Crippen LogP contribution is -2.45. The molecule has 3 unspecified atom stereocenters. The molecule has 0 aromatic heterocycles. The van der Waals surface area contributed by atoms with E-state index in [4.69, 9.17) is 0 Å². The number of hydrogen-bond donors (Lipinski definition) is 1. The fourth-order valence-corrected chi connectivity index (χ4v) is 2.80. The number of nitrogens with zero attached hydrogens (tertiary/aromatic N) is 1. The molecular weight excluding hydrogens is 248 g/mol. The SMILES string of the molecule is CCSCC(C)NC1CC(=O)N(C(C)CC)C1=O. The van der Waals surface area contributed by atoms with E-state index < -0.39 is 0 Å². The first-order chi connectivity index (χ1) is 8.51. The molecule has 0 spiro atoms. The molecule has 1 aliphatic rings. The van der Waals surface area contributed by atoms with E-state index in [-0.39, 0.29) is 29.9 Å². The Hall–Kier alpha value is -0.550. The molecule has 1 N–H and O–H groups in total. The van der Waals surface area contributed by atoms with Crippen molar-refractivity contribution >= 4 is 23.6 Å². The lowest BCUT2D eigenvalue weighted by Gasteiger charge is -2.22. The summed E-state index contributed by atoms with van der Waals surface area (Å²) in [5.41, 5.74) is 0. The molecule has 2 amide bonds. The van der Waals surface area contributed by atoms with Gasteiger partial charge < -0.3 is 5.32 Å². The largest absolute Gasteiger partial charge is 0.302 e. The molecular formula is C13H24N2O2S. The minimum atomic E-state index is -0.320. The van der Waals surface area contributed by atoms with Crippen molar-refractivity contribution in [2.45, 2.75) is 58.7 Å². The number of imide groups is 1. The summed E-state index contributed by atoms with van der Waals surface area (Å²) < 4.78 is 0. The Morgan fingerprint density at radius 2 is 2.06 bits per heavy atom. The minimum absolute atomic E-state index is 0.0112. The third-order valence-corrected chi connectivity index (χ3v) is 4.42. The second kappa shape index (κ2) is 7.14. The summed E-state index contributed by atoms with van der Waals surface area (Å²) in [6, 6.07) is -0.0512. The molecule has 4 nitrogen and oxygen atoms in total. The predicted molar refractivity (Wildman–Crippen MR) is 75.6 cm³/mol. The minimum Gasteiger partial charge on any atom is -0.302 e. The molecule has 0 saturated carbocycles. The first kappa shape index (κ1) is 15.5. The second-order valence-corrected chi connectivity index (χ2v) is 6.16. The fourth-order valence-electron chi connectivity index (χ4n) is 2.11. The fraction of sp³-hybridized carbons (Fsp3) is 0.846. The summed E-state index contributed by atoms with van der Waals surface area (Å²) in [5.74, 6) is 1.95. The molecule has 0 aliphatic carbocycles. The second-order valence-electron chi connectivity index (χ2n) is 4.84. The quantitative estimate of drug-likeness (QED) is 0.716. The Labute approximate surface area is 114 Å². The molecule has 1 aliphatic heterocycles. The molecule has 5 heteroatoms. The molecule has 104 valence electrons. The van der Waals surface area contributed by atoms with Gasteiger partial charge in [0.2, 0.25) is 11.8 Å². The van der Waals surface area contributed by atoms with E-state index in [2.05, 4.69) is 19.2 Å². The van der Waals surface area contributed by atoms with Crippen LogP contribution in [-0.4, -0.2) is 46.3 Å². The van der Waals surface area contributed by atoms with Crippen LogP contribution in [0, 0.1) is 0 Å². The van der Waals surface area contributed by atoms with Crippen LogP contribution in [0.1, 0.15) is 40.5 Å². The highest BCUT2D eigenvalue weighted by Crippen LogP contribution is 2.18. The third-order valence-electron chi connectivity index (χ3n) is 3.27. The molecule has 0 radical (unpaired) electrons. The zero-order chi connectivity index (χ0) is 13.7. The number of rotatable bonds is 7. The summed E-state index contributed by atoms with van der Waals surface area (Å²) in [5, 5.41) is 3.27. The van der Waals surface area contributed by atoms with Crippen LogP contribution < -0.4 is 5.32 Å². The van der Waals surface area contributed by atoms with Crippen molar-refractivity contribution in [2.75, 3.05) is 11.5 Å². The van der Waals surface area contributed by atoms with E-state index in [1.807, 2.05) is 25.6 Å². The van der Waals surface area contributed by atoms with Crippen LogP contribution in [0.5, 0.6) is 0 Å². The maximum absolute atomic E-state index is 12.2. The molecule has 0 bridgehead atoms. The van der Waals surface area contributed by atoms with Crippen molar-refractivity contribution in [3.05, 3.63) is 0 Å². The lowest BCUT2D eigenvalue weighted by molar-refractivity contribution is -0.141. The Kier molecular flexibility index (Phi) is 6.15. The topological polar surface area (TPSA) is 49.4 Å². The van der Waals surface area contributed by atoms with Crippen LogP contribution in [0.3, 0.4) is 0 Å². The average molecular weight is 272 g/mol. The van der Waals surface area contributed by atoms with Crippen LogP contribution >= 0.6 is 11.8 Å². The van der Waals surface area contributed by atoms with Crippen LogP contribution in [0.2, 0.25) is 0 Å². The highest BCUT2D eigenvalue weighted by Gasteiger charge is 2.40. The van der Waals surface area contributed by atoms with Gasteiger partial charge in [-0.3, -0.25) is 14.5 Å². The molecule has 1 fully saturated rings. The monoisotopic (exact) mass is 272 g/mol. The van der Waals surface area contributed by atoms with Crippen molar-refractivity contribution in [3.8, 4) is 0 Å². The van der Waals surface area contributed by atoms with Crippen molar-refractivity contribution < 1.29 is 9.59 Å². The van der Waals surface area contributed by atoms with Crippen LogP contribution in [0.4, 0.5) is 0 Å². The number of amides is 2. The highest BCUT2D eigenvalue weighted by molar-refractivity contribution is 7.99. The van der Waals surface area contributed by atoms with Crippen molar-refractivity contribution in [3.63, 3.8) is 0 Å². The predicted octanol–water partition coefficient (Wildman–Crippen LogP) is 1.64. The van der Waals surface area contributed by atoms with E-state index in [1.165, 1.54) is 4.90 Å². The zero-order valence-corrected chi connectivity index (χ0v) is 12.5. The van der Waals surface area contributed by atoms with Gasteiger partial charge in [-0.05, 0) is 26.0 Å². The molecule has 3 atom stereocenters. The van der Waals surface area contributed by atoms with Gasteiger partial charge in [0.1, 0.15) is 0 Å². The van der Waals surface area contributed by atoms with E-state index >= 15 is 0 Å². The number of carbonyl (C=O) groups is 2. The third kappa shape index (κ3) is 3.72. The van der Waals surface area contributed by atoms with Gasteiger partial charge in [-0.25, -0.2) is 0 Å². The van der Waals surface area contributed by atoms with Gasteiger partial charge in [0.25, 0.3) is 0 Å². The maximum atomic E-state index is 12.2. The van der Waals surface area contributed by atoms with Crippen LogP contribution in [0.25, 0.3) is 0 Å². The van der Waals surface area contributed by atoms with Gasteiger partial charge in [-0.1, -0.05) is 13.8 Å². The number of carbonyl (C=O) groups excluding carboxylic acids is 2. The van der Waals surface area contributed by atoms with Crippen molar-refractivity contribution in [1.29, 1.82) is 0 Å². The summed E-state index contributed by atoms with van der Waals surface area (Å²) in [6.45, 7) is 8.10. The van der Waals surface area contributed by atoms with Gasteiger partial charge in [0.15, 0.2) is 0 Å². The average Bonchev–Trinajstić information content (AvgIpc) is 2.61. The summed E-state index contributed by atoms with van der Waals surface area (Å²) in [7, 11) is 0. The Bertz CT molecular complexity index is 309. The van der Waals surface area contributed by atoms with Gasteiger partial charge in [0, 0.05) is 17.8 Å². The summed E-state index contributed by atoms with van der Waals surface area (Å²) in [4.78, 5) is 25.4. The molecule has 1 saturated heterocycles. The Balaban J connectivity index is 2.55. The lowest BCUT2D eigenvalue weighted by atomic mass is 10.2. The van der Waals surface area contributed by atoms with Crippen molar-refractivity contribution in [2.24, 2.45) is 0 Å². The molecule has 0 aromatic carbocycles. The molecule has 0 aromatic rings. The zero-order valence-electron chi connectivity index (χ0n) is 11.7. The van der Waals surface area contributed by atoms with Gasteiger partial charge >= 0.3 is 0 Å². The molecule has 1 heterocycles. The van der Waals surface area contributed by atoms with Gasteiger partial charge in [-0.15, -0.1) is 0 Å². The van der Waals surface area contributed by atoms with E-state index in [1.54, 1.807) is 0 Å². The number of hydrogen-bond acceptors (Lipinski definition) is 4. The standard InChI is InChI=1S/C13H24N2O2S/c1-5-10(4)15-12(16)7-11(13(15)17)14-9(3)8-18-6-2/h9-11,14H,5-8H2,1-4H3. The van der Waals surface area contributed by atoms with E-state index in [9.17, 15) is 9.59 Å². The molecule has 1 rings (SSSR count). The number of likely N-dealkylation sites (tertiary alicyclic amines) is 1. The van der Waals surface area contributed by atoms with Crippen LogP contribution in [0.15, 0.2) is 0 Å². The normalized spacial score (nSPS) is 23.6. The Morgan fingerprint density at radius 1 is 1.39 bits per heavy atom. The highest BCUT2D eigenvalue weighted by atomic mass is 32.2. The van der Waals surface area contributed by atoms with Gasteiger partial charge in [0.05, 0.1) is 12.5 Å². The number of thioether (sulfide) groups is 1. The summed E-state index contributed by atoms with van der Waals surface area (Å²) in [6.07, 6.45) is 1.12. The van der Waals surface area contributed by atoms with Gasteiger partial charge in [-0.2, -0.15) is 11.8 Å². The molecule has 18 heavy (non-hydrogen) atoms. The first-order valence-electron chi connectivity index (χ1n) is 6.70. The van der Waals surface area contributed by atoms with Crippen molar-refractivity contribution in [1.82, 2.24) is 10.2 Å². The first-order valence-corrected chi connectivity index (χ1v) is 7.86. The smallest absolute Gasteiger partial charge is 0.247 e. The van der Waals surface area contributed by atoms with Crippen LogP contribution in [-0.2, 0) is 9.59 Å². The van der Waals surface area contributed by atoms with E-state index in [0.717, 1.165) is 17.9 Å². The number of nitrogens with one attached hydrogen (secondary N) is 1. The summed E-state index contributed by atoms with van der Waals surface area (Å²) >= 11 is 1.84. The van der Waals surface area contributed by atoms with E-state index in [0.29, 0.717) is 6.42 Å². The Morgan fingerprint density at radius 3 is 2.61 bits per heavy atom.